The molecule has 2 aromatic carbocycles. The zero-order chi connectivity index (χ0) is 11.9. The lowest BCUT2D eigenvalue weighted by Crippen LogP contribution is -2.03. The zero-order valence-corrected chi connectivity index (χ0v) is 10.4. The lowest BCUT2D eigenvalue weighted by Gasteiger charge is -2.08. The molecule has 0 radical (unpaired) electrons. The summed E-state index contributed by atoms with van der Waals surface area (Å²) in [6.45, 7) is 0. The minimum atomic E-state index is -4.30. The highest BCUT2D eigenvalue weighted by molar-refractivity contribution is 9.10. The molecule has 16 heavy (non-hydrogen) atoms. The Labute approximate surface area is 101 Å². The molecule has 0 bridgehead atoms. The second-order valence-electron chi connectivity index (χ2n) is 3.29. The van der Waals surface area contributed by atoms with Crippen LogP contribution in [0, 0.1) is 0 Å². The summed E-state index contributed by atoms with van der Waals surface area (Å²) in [5, 5.41) is 1.39. The van der Waals surface area contributed by atoms with Gasteiger partial charge in [0.15, 0.2) is 0 Å². The number of benzene rings is 2. The Kier molecular flexibility index (Phi) is 2.65. The molecular formula is C10H8BrNO3S. The van der Waals surface area contributed by atoms with Crippen LogP contribution in [-0.4, -0.2) is 13.0 Å². The molecule has 0 amide bonds. The van der Waals surface area contributed by atoms with Gasteiger partial charge in [-0.25, -0.2) is 0 Å². The standard InChI is InChI=1S/C10H8BrNO3S/c11-8-5-9(16(13,14)15)10(12)7-4-2-1-3-6(7)8/h1-5H,12H2,(H,13,14,15). The number of nitrogens with two attached hydrogens (primary N) is 1. The minimum absolute atomic E-state index is 0.0568. The van der Waals surface area contributed by atoms with E-state index in [9.17, 15) is 8.42 Å². The Balaban J connectivity index is 2.97. The van der Waals surface area contributed by atoms with Crippen molar-refractivity contribution in [1.82, 2.24) is 0 Å². The second-order valence-corrected chi connectivity index (χ2v) is 5.54. The van der Waals surface area contributed by atoms with E-state index in [0.717, 1.165) is 5.39 Å². The predicted octanol–water partition coefficient (Wildman–Crippen LogP) is 2.43. The SMILES string of the molecule is Nc1c(S(=O)(=O)O)cc(Br)c2ccccc12. The van der Waals surface area contributed by atoms with Gasteiger partial charge >= 0.3 is 0 Å². The number of anilines is 1. The molecule has 0 aliphatic carbocycles. The maximum atomic E-state index is 11.1. The third-order valence-corrected chi connectivity index (χ3v) is 3.83. The third kappa shape index (κ3) is 1.79. The van der Waals surface area contributed by atoms with Gasteiger partial charge in [0.25, 0.3) is 10.1 Å². The molecule has 0 saturated heterocycles. The number of nitrogen functional groups attached to an aromatic ring is 1. The average Bonchev–Trinajstić information content (AvgIpc) is 2.22. The van der Waals surface area contributed by atoms with Gasteiger partial charge in [-0.3, -0.25) is 4.55 Å². The first kappa shape index (κ1) is 11.4. The summed E-state index contributed by atoms with van der Waals surface area (Å²) >= 11 is 3.24. The fraction of sp³-hybridized carbons (Fsp3) is 0. The van der Waals surface area contributed by atoms with Crippen molar-refractivity contribution < 1.29 is 13.0 Å². The zero-order valence-electron chi connectivity index (χ0n) is 8.01. The molecule has 0 fully saturated rings. The van der Waals surface area contributed by atoms with Crippen LogP contribution in [0.15, 0.2) is 39.7 Å². The second kappa shape index (κ2) is 3.73. The number of halogens is 1. The topological polar surface area (TPSA) is 80.4 Å². The number of fused-ring (bicyclic) bond motifs is 1. The molecule has 0 aliphatic heterocycles. The van der Waals surface area contributed by atoms with E-state index in [4.69, 9.17) is 10.3 Å². The van der Waals surface area contributed by atoms with Crippen LogP contribution in [0.3, 0.4) is 0 Å². The molecular weight excluding hydrogens is 294 g/mol. The van der Waals surface area contributed by atoms with E-state index in [1.807, 2.05) is 12.1 Å². The van der Waals surface area contributed by atoms with Gasteiger partial charge < -0.3 is 5.73 Å². The lowest BCUT2D eigenvalue weighted by atomic mass is 10.1. The van der Waals surface area contributed by atoms with Crippen LogP contribution in [0.25, 0.3) is 10.8 Å². The van der Waals surface area contributed by atoms with Crippen LogP contribution in [0.1, 0.15) is 0 Å². The Bertz CT molecular complexity index is 667. The van der Waals surface area contributed by atoms with Gasteiger partial charge in [-0.1, -0.05) is 40.2 Å². The Morgan fingerprint density at radius 2 is 1.75 bits per heavy atom. The van der Waals surface area contributed by atoms with Gasteiger partial charge in [0.1, 0.15) is 4.90 Å². The predicted molar refractivity (Wildman–Crippen MR) is 65.9 cm³/mol. The third-order valence-electron chi connectivity index (χ3n) is 2.28. The number of hydrogen-bond acceptors (Lipinski definition) is 3. The minimum Gasteiger partial charge on any atom is -0.397 e. The number of hydrogen-bond donors (Lipinski definition) is 2. The lowest BCUT2D eigenvalue weighted by molar-refractivity contribution is 0.483. The normalized spacial score (nSPS) is 11.9. The van der Waals surface area contributed by atoms with Crippen molar-refractivity contribution >= 4 is 42.5 Å². The summed E-state index contributed by atoms with van der Waals surface area (Å²) in [6, 6.07) is 8.37. The monoisotopic (exact) mass is 301 g/mol. The maximum Gasteiger partial charge on any atom is 0.296 e. The summed E-state index contributed by atoms with van der Waals surface area (Å²) in [4.78, 5) is -0.280. The fourth-order valence-electron chi connectivity index (χ4n) is 1.54. The van der Waals surface area contributed by atoms with E-state index < -0.39 is 10.1 Å². The molecule has 0 saturated carbocycles. The molecule has 84 valence electrons. The summed E-state index contributed by atoms with van der Waals surface area (Å²) in [5.74, 6) is 0. The highest BCUT2D eigenvalue weighted by Gasteiger charge is 2.17. The summed E-state index contributed by atoms with van der Waals surface area (Å²) in [7, 11) is -4.30. The van der Waals surface area contributed by atoms with E-state index in [-0.39, 0.29) is 10.6 Å². The smallest absolute Gasteiger partial charge is 0.296 e. The van der Waals surface area contributed by atoms with Gasteiger partial charge in [-0.15, -0.1) is 0 Å². The molecule has 2 aromatic rings. The first-order chi connectivity index (χ1) is 7.41. The number of rotatable bonds is 1. The van der Waals surface area contributed by atoms with Crippen molar-refractivity contribution in [2.45, 2.75) is 4.90 Å². The van der Waals surface area contributed by atoms with Crippen LogP contribution in [0.2, 0.25) is 0 Å². The van der Waals surface area contributed by atoms with Crippen LogP contribution in [-0.2, 0) is 10.1 Å². The molecule has 2 rings (SSSR count). The summed E-state index contributed by atoms with van der Waals surface area (Å²) in [5.41, 5.74) is 5.77. The molecule has 0 atom stereocenters. The molecule has 4 nitrogen and oxygen atoms in total. The van der Waals surface area contributed by atoms with E-state index in [2.05, 4.69) is 15.9 Å². The molecule has 0 unspecified atom stereocenters. The van der Waals surface area contributed by atoms with Crippen molar-refractivity contribution in [3.8, 4) is 0 Å². The Hall–Kier alpha value is -1.11. The van der Waals surface area contributed by atoms with Gasteiger partial charge in [-0.05, 0) is 11.5 Å². The van der Waals surface area contributed by atoms with Gasteiger partial charge in [-0.2, -0.15) is 8.42 Å². The van der Waals surface area contributed by atoms with Gasteiger partial charge in [0.05, 0.1) is 5.69 Å². The van der Waals surface area contributed by atoms with E-state index >= 15 is 0 Å². The van der Waals surface area contributed by atoms with Crippen molar-refractivity contribution in [3.63, 3.8) is 0 Å². The van der Waals surface area contributed by atoms with Crippen molar-refractivity contribution in [2.24, 2.45) is 0 Å². The van der Waals surface area contributed by atoms with E-state index in [1.54, 1.807) is 12.1 Å². The highest BCUT2D eigenvalue weighted by Crippen LogP contribution is 2.33. The molecule has 0 spiro atoms. The molecule has 6 heteroatoms. The van der Waals surface area contributed by atoms with Crippen molar-refractivity contribution in [3.05, 3.63) is 34.8 Å². The molecule has 0 aromatic heterocycles. The van der Waals surface area contributed by atoms with Crippen LogP contribution >= 0.6 is 15.9 Å². The van der Waals surface area contributed by atoms with Crippen molar-refractivity contribution in [2.75, 3.05) is 5.73 Å². The first-order valence-corrected chi connectivity index (χ1v) is 6.59. The van der Waals surface area contributed by atoms with Crippen LogP contribution < -0.4 is 5.73 Å². The highest BCUT2D eigenvalue weighted by atomic mass is 79.9. The largest absolute Gasteiger partial charge is 0.397 e. The van der Waals surface area contributed by atoms with Gasteiger partial charge in [0, 0.05) is 9.86 Å². The van der Waals surface area contributed by atoms with Crippen molar-refractivity contribution in [1.29, 1.82) is 0 Å². The average molecular weight is 302 g/mol. The molecule has 3 N–H and O–H groups in total. The molecule has 0 heterocycles. The fourth-order valence-corrected chi connectivity index (χ4v) is 2.92. The van der Waals surface area contributed by atoms with E-state index in [1.165, 1.54) is 6.07 Å². The van der Waals surface area contributed by atoms with Crippen LogP contribution in [0.5, 0.6) is 0 Å². The Morgan fingerprint density at radius 1 is 1.19 bits per heavy atom. The van der Waals surface area contributed by atoms with Gasteiger partial charge in [0.2, 0.25) is 0 Å². The summed E-state index contributed by atoms with van der Waals surface area (Å²) < 4.78 is 31.8. The van der Waals surface area contributed by atoms with E-state index in [0.29, 0.717) is 9.86 Å². The Morgan fingerprint density at radius 3 is 2.31 bits per heavy atom. The molecule has 0 aliphatic rings. The summed E-state index contributed by atoms with van der Waals surface area (Å²) in [6.07, 6.45) is 0. The maximum absolute atomic E-state index is 11.1. The quantitative estimate of drug-likeness (QED) is 0.626. The van der Waals surface area contributed by atoms with Crippen LogP contribution in [0.4, 0.5) is 5.69 Å². The first-order valence-electron chi connectivity index (χ1n) is 4.35.